The number of thiophene rings is 1. The van der Waals surface area contributed by atoms with Crippen LogP contribution in [0.25, 0.3) is 0 Å². The molecule has 0 amide bonds. The number of carbonyl (C=O) groups is 1. The number of ketones is 1. The third-order valence-corrected chi connectivity index (χ3v) is 3.86. The summed E-state index contributed by atoms with van der Waals surface area (Å²) in [5, 5.41) is 2.36. The van der Waals surface area contributed by atoms with E-state index in [0.717, 1.165) is 12.8 Å². The second-order valence-electron chi connectivity index (χ2n) is 3.71. The number of hydrogen-bond donors (Lipinski definition) is 1. The zero-order valence-corrected chi connectivity index (χ0v) is 9.22. The molecule has 15 heavy (non-hydrogen) atoms. The van der Waals surface area contributed by atoms with E-state index in [2.05, 4.69) is 0 Å². The molecule has 3 heteroatoms. The maximum Gasteiger partial charge on any atom is 0.158 e. The van der Waals surface area contributed by atoms with Crippen LogP contribution in [0.3, 0.4) is 0 Å². The van der Waals surface area contributed by atoms with Gasteiger partial charge in [-0.3, -0.25) is 4.79 Å². The summed E-state index contributed by atoms with van der Waals surface area (Å²) in [6.45, 7) is -4.36. The maximum atomic E-state index is 12.5. The zero-order valence-electron chi connectivity index (χ0n) is 13.4. The van der Waals surface area contributed by atoms with Crippen LogP contribution in [-0.4, -0.2) is 12.3 Å². The van der Waals surface area contributed by atoms with Crippen LogP contribution in [0.5, 0.6) is 0 Å². The van der Waals surface area contributed by atoms with E-state index in [1.54, 1.807) is 17.5 Å². The van der Waals surface area contributed by atoms with Gasteiger partial charge in [0.2, 0.25) is 0 Å². The third-order valence-electron chi connectivity index (χ3n) is 2.84. The van der Waals surface area contributed by atoms with E-state index in [-0.39, 0.29) is 5.78 Å². The Morgan fingerprint density at radius 2 is 2.73 bits per heavy atom. The minimum atomic E-state index is -2.50. The fraction of sp³-hybridized carbons (Fsp3) is 0.583. The molecule has 1 heterocycles. The lowest BCUT2D eigenvalue weighted by Gasteiger charge is -2.35. The molecular weight excluding hydrogens is 206 g/mol. The first kappa shape index (κ1) is 6.16. The monoisotopic (exact) mass is 228 g/mol. The Kier molecular flexibility index (Phi) is 1.83. The van der Waals surface area contributed by atoms with Gasteiger partial charge in [-0.2, -0.15) is 0 Å². The van der Waals surface area contributed by atoms with Gasteiger partial charge in [0.05, 0.1) is 0 Å². The second kappa shape index (κ2) is 4.45. The molecule has 1 aromatic heterocycles. The van der Waals surface area contributed by atoms with Gasteiger partial charge in [-0.25, -0.2) is 0 Å². The molecule has 1 atom stereocenters. The van der Waals surface area contributed by atoms with Gasteiger partial charge in [-0.05, 0) is 30.8 Å². The summed E-state index contributed by atoms with van der Waals surface area (Å²) in [6, 6.07) is 3.50. The molecule has 0 aliphatic heterocycles. The highest BCUT2D eigenvalue weighted by Gasteiger charge is 2.41. The molecule has 1 unspecified atom stereocenters. The average molecular weight is 228 g/mol. The van der Waals surface area contributed by atoms with Crippen LogP contribution in [0, 0.1) is 0 Å². The van der Waals surface area contributed by atoms with Crippen molar-refractivity contribution in [2.75, 3.05) is 6.50 Å². The number of carbonyl (C=O) groups excluding carboxylic acids is 1. The lowest BCUT2D eigenvalue weighted by atomic mass is 9.79. The van der Waals surface area contributed by atoms with Crippen LogP contribution in [0.2, 0.25) is 1.41 Å². The van der Waals surface area contributed by atoms with Crippen LogP contribution in [-0.2, 0) is 10.3 Å². The van der Waals surface area contributed by atoms with E-state index in [9.17, 15) is 4.79 Å². The SMILES string of the molecule is [2H]C([2H])C([2H])([2H])N([2H])C1(c2cccs2)CCCCC1=O. The van der Waals surface area contributed by atoms with Crippen molar-refractivity contribution in [3.8, 4) is 0 Å². The Bertz CT molecular complexity index is 478. The van der Waals surface area contributed by atoms with Crippen molar-refractivity contribution in [3.05, 3.63) is 22.4 Å². The normalized spacial score (nSPS) is 33.2. The minimum absolute atomic E-state index is 0.189. The first-order valence-corrected chi connectivity index (χ1v) is 5.92. The Morgan fingerprint density at radius 3 is 3.40 bits per heavy atom. The van der Waals surface area contributed by atoms with Crippen LogP contribution < -0.4 is 5.31 Å². The summed E-state index contributed by atoms with van der Waals surface area (Å²) in [5.74, 6) is -0.189. The van der Waals surface area contributed by atoms with Gasteiger partial charge >= 0.3 is 0 Å². The standard InChI is InChI=1S/C12H17NOS/c1-2-13-12(11-7-5-9-15-11)8-4-3-6-10(12)14/h5,7,9,13H,2-4,6,8H2,1H3/i1D2,2D2/hD. The molecule has 0 bridgehead atoms. The Morgan fingerprint density at radius 1 is 1.80 bits per heavy atom. The van der Waals surface area contributed by atoms with Gasteiger partial charge in [0.1, 0.15) is 6.95 Å². The van der Waals surface area contributed by atoms with Crippen molar-refractivity contribution >= 4 is 17.1 Å². The summed E-state index contributed by atoms with van der Waals surface area (Å²) in [5.41, 5.74) is -1.35. The van der Waals surface area contributed by atoms with Crippen molar-refractivity contribution in [1.82, 2.24) is 5.31 Å². The van der Waals surface area contributed by atoms with Crippen LogP contribution in [0.1, 0.15) is 42.9 Å². The van der Waals surface area contributed by atoms with Crippen LogP contribution in [0.15, 0.2) is 17.5 Å². The summed E-state index contributed by atoms with van der Waals surface area (Å²) in [7, 11) is 0. The van der Waals surface area contributed by atoms with E-state index in [4.69, 9.17) is 6.89 Å². The van der Waals surface area contributed by atoms with E-state index in [1.165, 1.54) is 11.3 Å². The summed E-state index contributed by atoms with van der Waals surface area (Å²) in [6.07, 6.45) is 2.15. The van der Waals surface area contributed by atoms with Gasteiger partial charge in [-0.15, -0.1) is 11.3 Å². The molecular formula is C12H17NOS. The lowest BCUT2D eigenvalue weighted by molar-refractivity contribution is -0.127. The van der Waals surface area contributed by atoms with Gasteiger partial charge < -0.3 is 5.31 Å². The maximum absolute atomic E-state index is 12.5. The van der Waals surface area contributed by atoms with E-state index >= 15 is 0 Å². The van der Waals surface area contributed by atoms with Crippen molar-refractivity contribution in [1.29, 1.82) is 0 Å². The summed E-state index contributed by atoms with van der Waals surface area (Å²) in [4.78, 5) is 13.1. The lowest BCUT2D eigenvalue weighted by Crippen LogP contribution is -2.50. The largest absolute Gasteiger partial charge is 0.301 e. The number of hydrogen-bond acceptors (Lipinski definition) is 3. The van der Waals surface area contributed by atoms with Gasteiger partial charge in [0.15, 0.2) is 5.78 Å². The van der Waals surface area contributed by atoms with Crippen molar-refractivity contribution in [2.45, 2.75) is 38.1 Å². The molecule has 82 valence electrons. The first-order chi connectivity index (χ1) is 9.33. The first-order valence-electron chi connectivity index (χ1n) is 7.64. The molecule has 2 rings (SSSR count). The zero-order chi connectivity index (χ0) is 15.0. The van der Waals surface area contributed by atoms with Gasteiger partial charge in [0, 0.05) is 16.8 Å². The van der Waals surface area contributed by atoms with Crippen LogP contribution in [0.4, 0.5) is 0 Å². The number of nitrogens with one attached hydrogen (secondary N) is 1. The predicted octanol–water partition coefficient (Wildman–Crippen LogP) is 2.70. The molecule has 0 aromatic carbocycles. The molecule has 0 saturated heterocycles. The molecule has 1 N–H and O–H groups in total. The highest BCUT2D eigenvalue weighted by atomic mass is 32.1. The topological polar surface area (TPSA) is 29.1 Å². The number of likely N-dealkylation sites (N-methyl/N-ethyl adjacent to an activating group) is 1. The van der Waals surface area contributed by atoms with E-state index in [0.29, 0.717) is 23.0 Å². The van der Waals surface area contributed by atoms with Gasteiger partial charge in [-0.1, -0.05) is 19.4 Å². The number of rotatable bonds is 3. The Hall–Kier alpha value is -0.670. The average Bonchev–Trinajstić information content (AvgIpc) is 2.92. The third kappa shape index (κ3) is 1.86. The molecule has 2 nitrogen and oxygen atoms in total. The molecule has 0 spiro atoms. The van der Waals surface area contributed by atoms with Crippen LogP contribution >= 0.6 is 11.3 Å². The second-order valence-corrected chi connectivity index (χ2v) is 4.66. The fourth-order valence-electron chi connectivity index (χ4n) is 2.07. The van der Waals surface area contributed by atoms with Crippen molar-refractivity contribution < 1.29 is 11.7 Å². The highest BCUT2D eigenvalue weighted by molar-refractivity contribution is 7.10. The van der Waals surface area contributed by atoms with E-state index < -0.39 is 18.9 Å². The quantitative estimate of drug-likeness (QED) is 0.862. The predicted molar refractivity (Wildman–Crippen MR) is 63.1 cm³/mol. The Balaban J connectivity index is 2.50. The van der Waals surface area contributed by atoms with Crippen molar-refractivity contribution in [3.63, 3.8) is 0 Å². The summed E-state index contributed by atoms with van der Waals surface area (Å²) >= 11 is 1.32. The fourth-order valence-corrected chi connectivity index (χ4v) is 2.99. The molecule has 1 aliphatic carbocycles. The molecule has 0 radical (unpaired) electrons. The minimum Gasteiger partial charge on any atom is -0.301 e. The molecule has 1 aromatic rings. The summed E-state index contributed by atoms with van der Waals surface area (Å²) < 4.78 is 38.5. The number of Topliss-reactive ketones (excluding diaryl/α,β-unsaturated/α-hetero) is 1. The Labute approximate surface area is 102 Å². The molecule has 1 saturated carbocycles. The highest BCUT2D eigenvalue weighted by Crippen LogP contribution is 2.36. The molecule has 1 fully saturated rings. The van der Waals surface area contributed by atoms with Crippen molar-refractivity contribution in [2.24, 2.45) is 0 Å². The van der Waals surface area contributed by atoms with Gasteiger partial charge in [0.25, 0.3) is 0 Å². The molecule has 1 aliphatic rings. The van der Waals surface area contributed by atoms with E-state index in [1.807, 2.05) is 0 Å². The smallest absolute Gasteiger partial charge is 0.158 e.